The smallest absolute Gasteiger partial charge is 0.124 e. The summed E-state index contributed by atoms with van der Waals surface area (Å²) in [4.78, 5) is 2.42. The Bertz CT molecular complexity index is 1040. The molecule has 0 saturated carbocycles. The molecule has 0 spiro atoms. The molecule has 3 aromatic carbocycles. The van der Waals surface area contributed by atoms with E-state index in [4.69, 9.17) is 4.74 Å². The molecule has 1 aliphatic heterocycles. The van der Waals surface area contributed by atoms with E-state index < -0.39 is 0 Å². The Morgan fingerprint density at radius 3 is 2.48 bits per heavy atom. The first-order valence-corrected chi connectivity index (χ1v) is 11.2. The van der Waals surface area contributed by atoms with Gasteiger partial charge in [-0.2, -0.15) is 0 Å². The molecule has 2 N–H and O–H groups in total. The predicted octanol–water partition coefficient (Wildman–Crippen LogP) is 4.67. The van der Waals surface area contributed by atoms with Crippen molar-refractivity contribution < 1.29 is 9.84 Å². The lowest BCUT2D eigenvalue weighted by molar-refractivity contribution is 0.400. The summed E-state index contributed by atoms with van der Waals surface area (Å²) in [6.07, 6.45) is 2.02. The molecule has 5 rings (SSSR count). The molecule has 0 bridgehead atoms. The number of methoxy groups -OCH3 is 1. The van der Waals surface area contributed by atoms with Crippen molar-refractivity contribution in [1.29, 1.82) is 0 Å². The summed E-state index contributed by atoms with van der Waals surface area (Å²) in [5, 5.41) is 13.5. The summed E-state index contributed by atoms with van der Waals surface area (Å²) in [7, 11) is 1.78. The van der Waals surface area contributed by atoms with Gasteiger partial charge < -0.3 is 20.1 Å². The highest BCUT2D eigenvalue weighted by molar-refractivity contribution is 5.58. The molecule has 2 atom stereocenters. The number of benzene rings is 3. The third-order valence-corrected chi connectivity index (χ3v) is 6.85. The number of nitrogens with zero attached hydrogens (tertiary/aromatic N) is 1. The number of anilines is 1. The molecule has 0 amide bonds. The number of aromatic hydroxyl groups is 1. The quantitative estimate of drug-likeness (QED) is 0.651. The van der Waals surface area contributed by atoms with E-state index >= 15 is 0 Å². The maximum absolute atomic E-state index is 10.1. The Labute approximate surface area is 184 Å². The molecule has 1 aliphatic carbocycles. The molecule has 1 heterocycles. The Morgan fingerprint density at radius 2 is 1.71 bits per heavy atom. The fourth-order valence-corrected chi connectivity index (χ4v) is 5.33. The molecule has 31 heavy (non-hydrogen) atoms. The van der Waals surface area contributed by atoms with Crippen molar-refractivity contribution in [3.8, 4) is 11.5 Å². The van der Waals surface area contributed by atoms with Gasteiger partial charge in [-0.25, -0.2) is 0 Å². The van der Waals surface area contributed by atoms with Gasteiger partial charge in [-0.3, -0.25) is 0 Å². The van der Waals surface area contributed by atoms with Crippen LogP contribution in [0.4, 0.5) is 5.69 Å². The molecule has 2 aliphatic rings. The average Bonchev–Trinajstić information content (AvgIpc) is 2.84. The third kappa shape index (κ3) is 3.88. The second-order valence-electron chi connectivity index (χ2n) is 8.58. The van der Waals surface area contributed by atoms with Crippen LogP contribution in [0, 0.1) is 0 Å². The predicted molar refractivity (Wildman–Crippen MR) is 126 cm³/mol. The van der Waals surface area contributed by atoms with Crippen molar-refractivity contribution in [2.75, 3.05) is 38.2 Å². The number of fused-ring (bicyclic) bond motifs is 1. The maximum atomic E-state index is 10.1. The van der Waals surface area contributed by atoms with E-state index in [1.165, 1.54) is 27.9 Å². The molecule has 4 nitrogen and oxygen atoms in total. The normalized spacial score (nSPS) is 20.9. The van der Waals surface area contributed by atoms with Crippen LogP contribution in [-0.2, 0) is 6.42 Å². The van der Waals surface area contributed by atoms with Crippen LogP contribution in [0.2, 0.25) is 0 Å². The van der Waals surface area contributed by atoms with Gasteiger partial charge in [-0.15, -0.1) is 0 Å². The number of hydrogen-bond donors (Lipinski definition) is 2. The van der Waals surface area contributed by atoms with Crippen molar-refractivity contribution in [3.05, 3.63) is 89.0 Å². The Kier molecular flexibility index (Phi) is 5.56. The van der Waals surface area contributed by atoms with Crippen LogP contribution in [0.3, 0.4) is 0 Å². The zero-order valence-electron chi connectivity index (χ0n) is 18.1. The highest BCUT2D eigenvalue weighted by Crippen LogP contribution is 2.49. The number of phenols is 1. The van der Waals surface area contributed by atoms with Crippen LogP contribution < -0.4 is 15.0 Å². The number of ether oxygens (including phenoxy) is 1. The molecule has 3 aromatic rings. The van der Waals surface area contributed by atoms with Crippen molar-refractivity contribution >= 4 is 5.69 Å². The Hall–Kier alpha value is -2.98. The molecule has 4 heteroatoms. The monoisotopic (exact) mass is 414 g/mol. The lowest BCUT2D eigenvalue weighted by Crippen LogP contribution is -2.43. The maximum Gasteiger partial charge on any atom is 0.124 e. The van der Waals surface area contributed by atoms with E-state index in [1.54, 1.807) is 7.11 Å². The highest BCUT2D eigenvalue weighted by atomic mass is 16.5. The van der Waals surface area contributed by atoms with Crippen molar-refractivity contribution in [2.24, 2.45) is 0 Å². The lowest BCUT2D eigenvalue weighted by atomic mass is 9.69. The van der Waals surface area contributed by atoms with E-state index in [0.29, 0.717) is 11.7 Å². The van der Waals surface area contributed by atoms with Crippen LogP contribution in [0.25, 0.3) is 0 Å². The van der Waals surface area contributed by atoms with Gasteiger partial charge in [0.2, 0.25) is 0 Å². The zero-order chi connectivity index (χ0) is 21.2. The van der Waals surface area contributed by atoms with Crippen LogP contribution >= 0.6 is 0 Å². The summed E-state index contributed by atoms with van der Waals surface area (Å²) in [6, 6.07) is 23.4. The first-order chi connectivity index (χ1) is 15.2. The molecule has 1 saturated heterocycles. The summed E-state index contributed by atoms with van der Waals surface area (Å²) >= 11 is 0. The third-order valence-electron chi connectivity index (χ3n) is 6.85. The van der Waals surface area contributed by atoms with Gasteiger partial charge in [0.05, 0.1) is 7.11 Å². The van der Waals surface area contributed by atoms with E-state index in [9.17, 15) is 5.11 Å². The first-order valence-electron chi connectivity index (χ1n) is 11.2. The van der Waals surface area contributed by atoms with Crippen molar-refractivity contribution in [3.63, 3.8) is 0 Å². The second-order valence-corrected chi connectivity index (χ2v) is 8.58. The number of nitrogens with one attached hydrogen (secondary N) is 1. The molecule has 0 radical (unpaired) electrons. The fourth-order valence-electron chi connectivity index (χ4n) is 5.33. The number of piperazine rings is 1. The van der Waals surface area contributed by atoms with Gasteiger partial charge >= 0.3 is 0 Å². The fraction of sp³-hybridized carbons (Fsp3) is 0.333. The second kappa shape index (κ2) is 8.64. The van der Waals surface area contributed by atoms with Gasteiger partial charge in [0.25, 0.3) is 0 Å². The van der Waals surface area contributed by atoms with Crippen LogP contribution in [0.5, 0.6) is 11.5 Å². The van der Waals surface area contributed by atoms with Gasteiger partial charge in [0, 0.05) is 49.4 Å². The van der Waals surface area contributed by atoms with E-state index in [0.717, 1.165) is 44.8 Å². The SMILES string of the molecule is COc1cc(N2CCNCC2)ccc1C1c2ccc(O)cc2CCC1c1ccccc1. The standard InChI is InChI=1S/C27H30N2O2/c1-31-26-18-21(29-15-13-28-14-16-29)8-11-25(26)27-23(19-5-3-2-4-6-19)10-7-20-17-22(30)9-12-24(20)27/h2-6,8-9,11-12,17-18,23,27-28,30H,7,10,13-16H2,1H3. The minimum Gasteiger partial charge on any atom is -0.508 e. The van der Waals surface area contributed by atoms with Gasteiger partial charge in [-0.05, 0) is 53.6 Å². The lowest BCUT2D eigenvalue weighted by Gasteiger charge is -2.36. The number of phenolic OH excluding ortho intramolecular Hbond substituents is 1. The molecule has 1 fully saturated rings. The highest BCUT2D eigenvalue weighted by Gasteiger charge is 2.34. The molecular formula is C27H30N2O2. The Balaban J connectivity index is 1.61. The van der Waals surface area contributed by atoms with E-state index in [2.05, 4.69) is 64.8 Å². The molecule has 160 valence electrons. The number of hydrogen-bond acceptors (Lipinski definition) is 4. The number of aryl methyl sites for hydroxylation is 1. The van der Waals surface area contributed by atoms with Crippen molar-refractivity contribution in [1.82, 2.24) is 5.32 Å². The molecule has 0 aromatic heterocycles. The first kappa shape index (κ1) is 20.0. The topological polar surface area (TPSA) is 44.7 Å². The average molecular weight is 415 g/mol. The van der Waals surface area contributed by atoms with Crippen molar-refractivity contribution in [2.45, 2.75) is 24.7 Å². The molecular weight excluding hydrogens is 384 g/mol. The van der Waals surface area contributed by atoms with Crippen LogP contribution in [-0.4, -0.2) is 38.4 Å². The minimum atomic E-state index is 0.193. The largest absolute Gasteiger partial charge is 0.508 e. The van der Waals surface area contributed by atoms with E-state index in [-0.39, 0.29) is 5.92 Å². The van der Waals surface area contributed by atoms with Gasteiger partial charge in [0.1, 0.15) is 11.5 Å². The summed E-state index contributed by atoms with van der Waals surface area (Å²) < 4.78 is 5.96. The van der Waals surface area contributed by atoms with Crippen LogP contribution in [0.15, 0.2) is 66.7 Å². The Morgan fingerprint density at radius 1 is 0.935 bits per heavy atom. The summed E-state index contributed by atoms with van der Waals surface area (Å²) in [5.74, 6) is 1.86. The van der Waals surface area contributed by atoms with Crippen LogP contribution in [0.1, 0.15) is 40.5 Å². The summed E-state index contributed by atoms with van der Waals surface area (Å²) in [6.45, 7) is 4.06. The summed E-state index contributed by atoms with van der Waals surface area (Å²) in [5.41, 5.74) is 6.35. The zero-order valence-corrected chi connectivity index (χ0v) is 18.1. The molecule has 2 unspecified atom stereocenters. The van der Waals surface area contributed by atoms with Gasteiger partial charge in [-0.1, -0.05) is 42.5 Å². The minimum absolute atomic E-state index is 0.193. The van der Waals surface area contributed by atoms with E-state index in [1.807, 2.05) is 12.1 Å². The number of rotatable bonds is 4. The van der Waals surface area contributed by atoms with Gasteiger partial charge in [0.15, 0.2) is 0 Å².